The first-order chi connectivity index (χ1) is 11.7. The summed E-state index contributed by atoms with van der Waals surface area (Å²) in [6.45, 7) is 2.38. The molecule has 0 radical (unpaired) electrons. The molecule has 0 unspecified atom stereocenters. The van der Waals surface area contributed by atoms with Gasteiger partial charge in [0.15, 0.2) is 0 Å². The van der Waals surface area contributed by atoms with Crippen LogP contribution in [0, 0.1) is 5.82 Å². The van der Waals surface area contributed by atoms with Gasteiger partial charge in [0.1, 0.15) is 17.3 Å². The first kappa shape index (κ1) is 15.7. The van der Waals surface area contributed by atoms with Crippen molar-refractivity contribution in [3.05, 3.63) is 66.1 Å². The lowest BCUT2D eigenvalue weighted by molar-refractivity contribution is 0.102. The highest BCUT2D eigenvalue weighted by atomic mass is 19.1. The van der Waals surface area contributed by atoms with Crippen LogP contribution in [0.1, 0.15) is 17.4 Å². The quantitative estimate of drug-likeness (QED) is 0.748. The zero-order valence-corrected chi connectivity index (χ0v) is 13.0. The molecule has 122 valence electrons. The summed E-state index contributed by atoms with van der Waals surface area (Å²) in [7, 11) is 0. The molecular weight excluding hydrogens is 309 g/mol. The summed E-state index contributed by atoms with van der Waals surface area (Å²) in [4.78, 5) is 12.4. The van der Waals surface area contributed by atoms with Gasteiger partial charge in [-0.05, 0) is 49.4 Å². The number of aromatic amines is 1. The zero-order chi connectivity index (χ0) is 16.9. The maximum Gasteiger partial charge on any atom is 0.273 e. The lowest BCUT2D eigenvalue weighted by Crippen LogP contribution is -2.13. The fourth-order valence-corrected chi connectivity index (χ4v) is 2.25. The largest absolute Gasteiger partial charge is 0.492 e. The first-order valence-corrected chi connectivity index (χ1v) is 7.52. The van der Waals surface area contributed by atoms with Gasteiger partial charge < -0.3 is 10.1 Å². The van der Waals surface area contributed by atoms with Crippen LogP contribution in [-0.4, -0.2) is 22.7 Å². The van der Waals surface area contributed by atoms with E-state index in [0.29, 0.717) is 29.4 Å². The van der Waals surface area contributed by atoms with E-state index in [1.165, 1.54) is 12.1 Å². The molecule has 2 aromatic carbocycles. The number of anilines is 1. The molecule has 0 fully saturated rings. The number of nitrogens with zero attached hydrogens (tertiary/aromatic N) is 1. The normalized spacial score (nSPS) is 10.4. The Bertz CT molecular complexity index is 843. The van der Waals surface area contributed by atoms with Crippen LogP contribution in [0.15, 0.2) is 54.6 Å². The van der Waals surface area contributed by atoms with Gasteiger partial charge in [0.25, 0.3) is 5.91 Å². The summed E-state index contributed by atoms with van der Waals surface area (Å²) in [5.74, 6) is -0.0468. The maximum atomic E-state index is 13.0. The van der Waals surface area contributed by atoms with Gasteiger partial charge in [0, 0.05) is 5.56 Å². The van der Waals surface area contributed by atoms with E-state index in [9.17, 15) is 9.18 Å². The second-order valence-electron chi connectivity index (χ2n) is 5.06. The average molecular weight is 325 g/mol. The van der Waals surface area contributed by atoms with Crippen molar-refractivity contribution in [3.63, 3.8) is 0 Å². The van der Waals surface area contributed by atoms with E-state index in [1.807, 2.05) is 19.1 Å². The second kappa shape index (κ2) is 6.95. The van der Waals surface area contributed by atoms with Crippen molar-refractivity contribution in [1.82, 2.24) is 10.2 Å². The summed E-state index contributed by atoms with van der Waals surface area (Å²) in [6, 6.07) is 14.7. The predicted octanol–water partition coefficient (Wildman–Crippen LogP) is 3.87. The summed E-state index contributed by atoms with van der Waals surface area (Å²) in [5, 5.41) is 9.58. The van der Waals surface area contributed by atoms with Gasteiger partial charge in [-0.3, -0.25) is 9.89 Å². The summed E-state index contributed by atoms with van der Waals surface area (Å²) >= 11 is 0. The number of rotatable bonds is 5. The Labute approximate surface area is 138 Å². The molecule has 3 aromatic rings. The molecule has 0 saturated carbocycles. The highest BCUT2D eigenvalue weighted by molar-refractivity contribution is 6.04. The van der Waals surface area contributed by atoms with E-state index in [4.69, 9.17) is 4.74 Å². The van der Waals surface area contributed by atoms with Gasteiger partial charge in [-0.1, -0.05) is 12.1 Å². The van der Waals surface area contributed by atoms with Crippen molar-refractivity contribution in [2.24, 2.45) is 0 Å². The Morgan fingerprint density at radius 1 is 1.21 bits per heavy atom. The number of ether oxygens (including phenoxy) is 1. The average Bonchev–Trinajstić information content (AvgIpc) is 3.08. The third kappa shape index (κ3) is 3.43. The molecule has 5 nitrogen and oxygen atoms in total. The molecule has 0 spiro atoms. The van der Waals surface area contributed by atoms with E-state index in [2.05, 4.69) is 15.5 Å². The smallest absolute Gasteiger partial charge is 0.273 e. The number of halogens is 1. The van der Waals surface area contributed by atoms with Crippen LogP contribution in [-0.2, 0) is 0 Å². The molecule has 6 heteroatoms. The van der Waals surface area contributed by atoms with Crippen molar-refractivity contribution in [3.8, 4) is 17.0 Å². The Kier molecular flexibility index (Phi) is 4.56. The summed E-state index contributed by atoms with van der Waals surface area (Å²) in [5.41, 5.74) is 2.18. The summed E-state index contributed by atoms with van der Waals surface area (Å²) in [6.07, 6.45) is 0. The van der Waals surface area contributed by atoms with Crippen molar-refractivity contribution in [2.45, 2.75) is 6.92 Å². The van der Waals surface area contributed by atoms with E-state index >= 15 is 0 Å². The predicted molar refractivity (Wildman–Crippen MR) is 89.5 cm³/mol. The van der Waals surface area contributed by atoms with E-state index in [1.54, 1.807) is 30.3 Å². The van der Waals surface area contributed by atoms with Crippen LogP contribution in [0.4, 0.5) is 10.1 Å². The van der Waals surface area contributed by atoms with Crippen LogP contribution < -0.4 is 10.1 Å². The van der Waals surface area contributed by atoms with Crippen LogP contribution in [0.2, 0.25) is 0 Å². The fraction of sp³-hybridized carbons (Fsp3) is 0.111. The number of benzene rings is 2. The molecule has 1 heterocycles. The minimum atomic E-state index is -0.331. The Morgan fingerprint density at radius 3 is 2.71 bits per heavy atom. The molecule has 1 aromatic heterocycles. The third-order valence-corrected chi connectivity index (χ3v) is 3.40. The summed E-state index contributed by atoms with van der Waals surface area (Å²) < 4.78 is 18.5. The lowest BCUT2D eigenvalue weighted by atomic mass is 10.1. The van der Waals surface area contributed by atoms with Gasteiger partial charge in [-0.25, -0.2) is 4.39 Å². The van der Waals surface area contributed by atoms with E-state index < -0.39 is 0 Å². The number of para-hydroxylation sites is 2. The molecule has 2 N–H and O–H groups in total. The standard InChI is InChI=1S/C18H16FN3O2/c1-2-24-17-6-4-3-5-14(17)20-18(23)16-11-15(21-22-16)12-7-9-13(19)10-8-12/h3-11H,2H2,1H3,(H,20,23)(H,21,22). The number of hydrogen-bond acceptors (Lipinski definition) is 3. The number of nitrogens with one attached hydrogen (secondary N) is 2. The second-order valence-corrected chi connectivity index (χ2v) is 5.06. The Hall–Kier alpha value is -3.15. The van der Waals surface area contributed by atoms with Crippen molar-refractivity contribution in [1.29, 1.82) is 0 Å². The van der Waals surface area contributed by atoms with Crippen molar-refractivity contribution >= 4 is 11.6 Å². The highest BCUT2D eigenvalue weighted by Crippen LogP contribution is 2.24. The van der Waals surface area contributed by atoms with Crippen LogP contribution in [0.5, 0.6) is 5.75 Å². The van der Waals surface area contributed by atoms with Crippen LogP contribution in [0.25, 0.3) is 11.3 Å². The van der Waals surface area contributed by atoms with Crippen LogP contribution in [0.3, 0.4) is 0 Å². The molecule has 0 aliphatic heterocycles. The Balaban J connectivity index is 1.78. The number of amides is 1. The lowest BCUT2D eigenvalue weighted by Gasteiger charge is -2.10. The van der Waals surface area contributed by atoms with Gasteiger partial charge in [0.2, 0.25) is 0 Å². The molecule has 0 atom stereocenters. The topological polar surface area (TPSA) is 67.0 Å². The van der Waals surface area contributed by atoms with E-state index in [0.717, 1.165) is 5.56 Å². The number of hydrogen-bond donors (Lipinski definition) is 2. The molecule has 0 aliphatic carbocycles. The number of carbonyl (C=O) groups excluding carboxylic acids is 1. The molecule has 3 rings (SSSR count). The minimum Gasteiger partial charge on any atom is -0.492 e. The van der Waals surface area contributed by atoms with E-state index in [-0.39, 0.29) is 11.7 Å². The molecule has 24 heavy (non-hydrogen) atoms. The zero-order valence-electron chi connectivity index (χ0n) is 13.0. The molecule has 1 amide bonds. The van der Waals surface area contributed by atoms with Gasteiger partial charge in [0.05, 0.1) is 18.0 Å². The SMILES string of the molecule is CCOc1ccccc1NC(=O)c1cc(-c2ccc(F)cc2)n[nH]1. The Morgan fingerprint density at radius 2 is 1.96 bits per heavy atom. The first-order valence-electron chi connectivity index (χ1n) is 7.52. The number of H-pyrrole nitrogens is 1. The van der Waals surface area contributed by atoms with Crippen molar-refractivity contribution in [2.75, 3.05) is 11.9 Å². The molecule has 0 saturated heterocycles. The fourth-order valence-electron chi connectivity index (χ4n) is 2.25. The van der Waals surface area contributed by atoms with Gasteiger partial charge in [-0.15, -0.1) is 0 Å². The number of carbonyl (C=O) groups is 1. The monoisotopic (exact) mass is 325 g/mol. The minimum absolute atomic E-state index is 0.306. The van der Waals surface area contributed by atoms with Gasteiger partial charge in [-0.2, -0.15) is 5.10 Å². The van der Waals surface area contributed by atoms with Crippen LogP contribution >= 0.6 is 0 Å². The number of aromatic nitrogens is 2. The molecular formula is C18H16FN3O2. The van der Waals surface area contributed by atoms with Gasteiger partial charge >= 0.3 is 0 Å². The third-order valence-electron chi connectivity index (χ3n) is 3.40. The molecule has 0 aliphatic rings. The molecule has 0 bridgehead atoms. The maximum absolute atomic E-state index is 13.0. The van der Waals surface area contributed by atoms with Crippen molar-refractivity contribution < 1.29 is 13.9 Å². The highest BCUT2D eigenvalue weighted by Gasteiger charge is 2.13.